The van der Waals surface area contributed by atoms with Gasteiger partial charge in [-0.05, 0) is 11.8 Å². The van der Waals surface area contributed by atoms with Crippen molar-refractivity contribution in [2.24, 2.45) is 11.1 Å². The summed E-state index contributed by atoms with van der Waals surface area (Å²) < 4.78 is 4.71. The summed E-state index contributed by atoms with van der Waals surface area (Å²) in [6.07, 6.45) is -1.30. The van der Waals surface area contributed by atoms with Crippen LogP contribution in [0.25, 0.3) is 0 Å². The van der Waals surface area contributed by atoms with Gasteiger partial charge in [0.25, 0.3) is 5.91 Å². The fraction of sp³-hybridized carbons (Fsp3) is 0.778. The predicted octanol–water partition coefficient (Wildman–Crippen LogP) is 0.632. The summed E-state index contributed by atoms with van der Waals surface area (Å²) in [5.74, 6) is -0.335. The number of nitrogens with two attached hydrogens (primary N) is 1. The van der Waals surface area contributed by atoms with Gasteiger partial charge in [-0.25, -0.2) is 4.79 Å². The van der Waals surface area contributed by atoms with Gasteiger partial charge in [-0.1, -0.05) is 20.8 Å². The van der Waals surface area contributed by atoms with Crippen LogP contribution in [0.2, 0.25) is 0 Å². The molecule has 0 unspecified atom stereocenters. The second-order valence-electron chi connectivity index (χ2n) is 4.30. The summed E-state index contributed by atoms with van der Waals surface area (Å²) in [6.45, 7) is 5.86. The van der Waals surface area contributed by atoms with Crippen molar-refractivity contribution in [3.8, 4) is 0 Å². The number of hydrogen-bond donors (Lipinski definition) is 2. The highest BCUT2D eigenvalue weighted by molar-refractivity contribution is 5.82. The van der Waals surface area contributed by atoms with Crippen LogP contribution >= 0.6 is 0 Å². The van der Waals surface area contributed by atoms with Gasteiger partial charge in [0.05, 0.1) is 0 Å². The molecule has 82 valence electrons. The first-order valence-electron chi connectivity index (χ1n) is 4.44. The maximum atomic E-state index is 11.3. The van der Waals surface area contributed by atoms with Gasteiger partial charge in [-0.15, -0.1) is 0 Å². The highest BCUT2D eigenvalue weighted by Crippen LogP contribution is 2.22. The van der Waals surface area contributed by atoms with Crippen LogP contribution in [0.1, 0.15) is 27.2 Å². The van der Waals surface area contributed by atoms with Crippen LogP contribution in [0, 0.1) is 5.41 Å². The summed E-state index contributed by atoms with van der Waals surface area (Å²) in [5.41, 5.74) is 4.76. The van der Waals surface area contributed by atoms with Crippen LogP contribution < -0.4 is 11.1 Å². The van der Waals surface area contributed by atoms with Crippen LogP contribution in [0.15, 0.2) is 0 Å². The molecular formula is C9H18N2O3. The molecular weight excluding hydrogens is 184 g/mol. The number of hydrogen-bond acceptors (Lipinski definition) is 3. The molecule has 5 heteroatoms. The van der Waals surface area contributed by atoms with Gasteiger partial charge in [0.1, 0.15) is 0 Å². The van der Waals surface area contributed by atoms with Crippen molar-refractivity contribution in [2.75, 3.05) is 7.05 Å². The average Bonchev–Trinajstić information content (AvgIpc) is 1.98. The zero-order valence-electron chi connectivity index (χ0n) is 9.09. The second kappa shape index (κ2) is 4.83. The van der Waals surface area contributed by atoms with Gasteiger partial charge in [0.2, 0.25) is 0 Å². The number of ether oxygens (including phenoxy) is 1. The number of likely N-dealkylation sites (N-methyl/N-ethyl adjacent to an activating group) is 1. The average molecular weight is 202 g/mol. The van der Waals surface area contributed by atoms with Gasteiger partial charge in [-0.3, -0.25) is 4.79 Å². The molecule has 3 N–H and O–H groups in total. The minimum Gasteiger partial charge on any atom is -0.436 e. The molecule has 0 spiro atoms. The molecule has 0 radical (unpaired) electrons. The third-order valence-electron chi connectivity index (χ3n) is 1.60. The Labute approximate surface area is 84.0 Å². The lowest BCUT2D eigenvalue weighted by Gasteiger charge is -2.23. The Bertz CT molecular complexity index is 221. The minimum atomic E-state index is -0.928. The Morgan fingerprint density at radius 3 is 2.21 bits per heavy atom. The van der Waals surface area contributed by atoms with Gasteiger partial charge in [-0.2, -0.15) is 0 Å². The number of carbonyl (C=O) groups is 2. The van der Waals surface area contributed by atoms with E-state index in [9.17, 15) is 9.59 Å². The third kappa shape index (κ3) is 5.40. The number of nitrogens with one attached hydrogen (secondary N) is 1. The molecule has 5 nitrogen and oxygen atoms in total. The first-order chi connectivity index (χ1) is 6.26. The first-order valence-corrected chi connectivity index (χ1v) is 4.44. The molecule has 2 amide bonds. The lowest BCUT2D eigenvalue weighted by molar-refractivity contribution is -0.130. The van der Waals surface area contributed by atoms with E-state index in [1.165, 1.54) is 7.05 Å². The van der Waals surface area contributed by atoms with E-state index in [4.69, 9.17) is 10.5 Å². The zero-order chi connectivity index (χ0) is 11.4. The van der Waals surface area contributed by atoms with E-state index in [2.05, 4.69) is 5.32 Å². The molecule has 0 aromatic rings. The van der Waals surface area contributed by atoms with E-state index in [-0.39, 0.29) is 11.3 Å². The number of amides is 2. The monoisotopic (exact) mass is 202 g/mol. The molecule has 0 saturated heterocycles. The Hall–Kier alpha value is -1.26. The van der Waals surface area contributed by atoms with Crippen LogP contribution in [0.3, 0.4) is 0 Å². The van der Waals surface area contributed by atoms with Crippen LogP contribution in [0.5, 0.6) is 0 Å². The molecule has 0 bridgehead atoms. The minimum absolute atomic E-state index is 0.105. The van der Waals surface area contributed by atoms with Gasteiger partial charge >= 0.3 is 6.09 Å². The normalized spacial score (nSPS) is 13.1. The van der Waals surface area contributed by atoms with E-state index in [1.54, 1.807) is 0 Å². The molecule has 0 saturated carbocycles. The molecule has 1 atom stereocenters. The van der Waals surface area contributed by atoms with E-state index in [0.717, 1.165) is 0 Å². The standard InChI is InChI=1S/C9H18N2O3/c1-9(2,3)5-6(7(12)11-4)14-8(10)13/h6H,5H2,1-4H3,(H2,10,13)(H,11,12)/t6-/m0/s1. The zero-order valence-corrected chi connectivity index (χ0v) is 9.09. The van der Waals surface area contributed by atoms with Crippen molar-refractivity contribution >= 4 is 12.0 Å². The fourth-order valence-corrected chi connectivity index (χ4v) is 1.05. The largest absolute Gasteiger partial charge is 0.436 e. The van der Waals surface area contributed by atoms with Gasteiger partial charge in [0.15, 0.2) is 6.10 Å². The van der Waals surface area contributed by atoms with Crippen molar-refractivity contribution < 1.29 is 14.3 Å². The van der Waals surface area contributed by atoms with Crippen LogP contribution in [-0.2, 0) is 9.53 Å². The van der Waals surface area contributed by atoms with Gasteiger partial charge in [0, 0.05) is 7.05 Å². The molecule has 0 rings (SSSR count). The molecule has 14 heavy (non-hydrogen) atoms. The fourth-order valence-electron chi connectivity index (χ4n) is 1.05. The van der Waals surface area contributed by atoms with E-state index in [0.29, 0.717) is 6.42 Å². The first kappa shape index (κ1) is 12.7. The highest BCUT2D eigenvalue weighted by atomic mass is 16.6. The Morgan fingerprint density at radius 1 is 1.43 bits per heavy atom. The molecule has 0 aliphatic rings. The Morgan fingerprint density at radius 2 is 1.93 bits per heavy atom. The maximum Gasteiger partial charge on any atom is 0.405 e. The van der Waals surface area contributed by atoms with E-state index < -0.39 is 12.2 Å². The summed E-state index contributed by atoms with van der Waals surface area (Å²) in [5, 5.41) is 2.42. The molecule has 0 aliphatic heterocycles. The quantitative estimate of drug-likeness (QED) is 0.704. The van der Waals surface area contributed by atoms with Crippen molar-refractivity contribution in [1.29, 1.82) is 0 Å². The van der Waals surface area contributed by atoms with Crippen LogP contribution in [-0.4, -0.2) is 25.2 Å². The van der Waals surface area contributed by atoms with Crippen molar-refractivity contribution in [3.05, 3.63) is 0 Å². The van der Waals surface area contributed by atoms with Crippen LogP contribution in [0.4, 0.5) is 4.79 Å². The number of rotatable bonds is 3. The third-order valence-corrected chi connectivity index (χ3v) is 1.60. The Balaban J connectivity index is 4.40. The Kier molecular flexibility index (Phi) is 4.40. The number of carbonyl (C=O) groups excluding carboxylic acids is 2. The SMILES string of the molecule is CNC(=O)[C@H](CC(C)(C)C)OC(N)=O. The molecule has 0 aromatic carbocycles. The lowest BCUT2D eigenvalue weighted by atomic mass is 9.89. The van der Waals surface area contributed by atoms with Gasteiger partial charge < -0.3 is 15.8 Å². The summed E-state index contributed by atoms with van der Waals surface area (Å²) >= 11 is 0. The van der Waals surface area contributed by atoms with Crippen molar-refractivity contribution in [2.45, 2.75) is 33.3 Å². The summed E-state index contributed by atoms with van der Waals surface area (Å²) in [6, 6.07) is 0. The van der Waals surface area contributed by atoms with E-state index in [1.807, 2.05) is 20.8 Å². The predicted molar refractivity (Wildman–Crippen MR) is 52.6 cm³/mol. The van der Waals surface area contributed by atoms with Crippen molar-refractivity contribution in [1.82, 2.24) is 5.32 Å². The second-order valence-corrected chi connectivity index (χ2v) is 4.30. The summed E-state index contributed by atoms with van der Waals surface area (Å²) in [7, 11) is 1.49. The van der Waals surface area contributed by atoms with E-state index >= 15 is 0 Å². The molecule has 0 fully saturated rings. The maximum absolute atomic E-state index is 11.3. The highest BCUT2D eigenvalue weighted by Gasteiger charge is 2.26. The topological polar surface area (TPSA) is 81.4 Å². The smallest absolute Gasteiger partial charge is 0.405 e. The molecule has 0 heterocycles. The molecule has 0 aromatic heterocycles. The summed E-state index contributed by atoms with van der Waals surface area (Å²) in [4.78, 5) is 21.8. The number of primary amides is 1. The molecule has 0 aliphatic carbocycles. The lowest BCUT2D eigenvalue weighted by Crippen LogP contribution is -2.39. The van der Waals surface area contributed by atoms with Crippen molar-refractivity contribution in [3.63, 3.8) is 0 Å².